The standard InChI is InChI=1S/C18H21N3O4/c1-11-7-8-12(2)14(9-11)19-15(22)10-20-16(23)17(24)21(18(20)25)13-5-3-4-6-13/h7-9,13H,3-6,10H2,1-2H3,(H,19,22). The van der Waals surface area contributed by atoms with Gasteiger partial charge in [-0.3, -0.25) is 19.3 Å². The van der Waals surface area contributed by atoms with Crippen molar-refractivity contribution in [2.45, 2.75) is 45.6 Å². The molecule has 1 heterocycles. The lowest BCUT2D eigenvalue weighted by Crippen LogP contribution is -2.41. The van der Waals surface area contributed by atoms with Gasteiger partial charge in [-0.05, 0) is 43.9 Å². The van der Waals surface area contributed by atoms with E-state index in [0.717, 1.165) is 33.8 Å². The van der Waals surface area contributed by atoms with Crippen molar-refractivity contribution < 1.29 is 19.2 Å². The Labute approximate surface area is 146 Å². The largest absolute Gasteiger partial charge is 0.334 e. The molecule has 1 aromatic carbocycles. The first kappa shape index (κ1) is 17.1. The number of hydrogen-bond acceptors (Lipinski definition) is 4. The second kappa shape index (κ2) is 6.66. The lowest BCUT2D eigenvalue weighted by atomic mass is 10.1. The number of carbonyl (C=O) groups is 4. The van der Waals surface area contributed by atoms with E-state index in [0.29, 0.717) is 18.5 Å². The van der Waals surface area contributed by atoms with Gasteiger partial charge in [0.1, 0.15) is 6.54 Å². The van der Waals surface area contributed by atoms with Gasteiger partial charge in [0, 0.05) is 11.7 Å². The molecule has 1 saturated heterocycles. The van der Waals surface area contributed by atoms with Crippen molar-refractivity contribution in [3.63, 3.8) is 0 Å². The summed E-state index contributed by atoms with van der Waals surface area (Å²) in [6.07, 6.45) is 3.30. The maximum atomic E-state index is 12.5. The summed E-state index contributed by atoms with van der Waals surface area (Å²) in [4.78, 5) is 50.7. The number of nitrogens with one attached hydrogen (secondary N) is 1. The van der Waals surface area contributed by atoms with Crippen molar-refractivity contribution in [2.75, 3.05) is 11.9 Å². The SMILES string of the molecule is Cc1ccc(C)c(NC(=O)CN2C(=O)C(=O)N(C3CCCC3)C2=O)c1. The number of imide groups is 2. The maximum Gasteiger partial charge on any atom is 0.334 e. The zero-order valence-electron chi connectivity index (χ0n) is 14.4. The van der Waals surface area contributed by atoms with Crippen molar-refractivity contribution in [2.24, 2.45) is 0 Å². The lowest BCUT2D eigenvalue weighted by molar-refractivity contribution is -0.144. The summed E-state index contributed by atoms with van der Waals surface area (Å²) in [7, 11) is 0. The number of aryl methyl sites for hydroxylation is 2. The van der Waals surface area contributed by atoms with Gasteiger partial charge in [0.2, 0.25) is 5.91 Å². The Bertz CT molecular complexity index is 753. The van der Waals surface area contributed by atoms with Gasteiger partial charge in [-0.2, -0.15) is 0 Å². The summed E-state index contributed by atoms with van der Waals surface area (Å²) in [5.74, 6) is -2.25. The number of carbonyl (C=O) groups excluding carboxylic acids is 4. The molecular weight excluding hydrogens is 322 g/mol. The molecule has 25 heavy (non-hydrogen) atoms. The van der Waals surface area contributed by atoms with Crippen LogP contribution in [-0.4, -0.2) is 46.1 Å². The molecule has 0 unspecified atom stereocenters. The molecule has 0 radical (unpaired) electrons. The minimum absolute atomic E-state index is 0.226. The molecule has 1 aliphatic carbocycles. The van der Waals surface area contributed by atoms with E-state index in [9.17, 15) is 19.2 Å². The average Bonchev–Trinajstić information content (AvgIpc) is 3.15. The smallest absolute Gasteiger partial charge is 0.324 e. The minimum atomic E-state index is -0.923. The minimum Gasteiger partial charge on any atom is -0.324 e. The Hall–Kier alpha value is -2.70. The van der Waals surface area contributed by atoms with Crippen LogP contribution in [0.3, 0.4) is 0 Å². The molecule has 1 N–H and O–H groups in total. The van der Waals surface area contributed by atoms with Gasteiger partial charge in [0.25, 0.3) is 0 Å². The van der Waals surface area contributed by atoms with E-state index in [-0.39, 0.29) is 6.04 Å². The fourth-order valence-electron chi connectivity index (χ4n) is 3.35. The fourth-order valence-corrected chi connectivity index (χ4v) is 3.35. The molecule has 2 aliphatic rings. The molecule has 7 heteroatoms. The van der Waals surface area contributed by atoms with Crippen LogP contribution in [0.15, 0.2) is 18.2 Å². The van der Waals surface area contributed by atoms with Crippen LogP contribution in [0.25, 0.3) is 0 Å². The second-order valence-electron chi connectivity index (χ2n) is 6.65. The van der Waals surface area contributed by atoms with Crippen LogP contribution < -0.4 is 5.32 Å². The van der Waals surface area contributed by atoms with Crippen LogP contribution in [0.4, 0.5) is 10.5 Å². The van der Waals surface area contributed by atoms with Crippen LogP contribution in [0.5, 0.6) is 0 Å². The first-order chi connectivity index (χ1) is 11.9. The van der Waals surface area contributed by atoms with Crippen LogP contribution in [0.2, 0.25) is 0 Å². The molecule has 3 rings (SSSR count). The van der Waals surface area contributed by atoms with E-state index >= 15 is 0 Å². The maximum absolute atomic E-state index is 12.5. The van der Waals surface area contributed by atoms with Gasteiger partial charge in [-0.15, -0.1) is 0 Å². The van der Waals surface area contributed by atoms with Crippen LogP contribution in [0, 0.1) is 13.8 Å². The summed E-state index contributed by atoms with van der Waals surface area (Å²) < 4.78 is 0. The number of nitrogens with zero attached hydrogens (tertiary/aromatic N) is 2. The third kappa shape index (κ3) is 3.26. The normalized spacial score (nSPS) is 18.4. The Morgan fingerprint density at radius 2 is 1.80 bits per heavy atom. The van der Waals surface area contributed by atoms with Crippen molar-refractivity contribution in [3.05, 3.63) is 29.3 Å². The number of urea groups is 1. The van der Waals surface area contributed by atoms with Gasteiger partial charge < -0.3 is 5.32 Å². The number of hydrogen-bond donors (Lipinski definition) is 1. The lowest BCUT2D eigenvalue weighted by Gasteiger charge is -2.21. The molecule has 2 fully saturated rings. The highest BCUT2D eigenvalue weighted by molar-refractivity contribution is 6.45. The topological polar surface area (TPSA) is 86.8 Å². The Morgan fingerprint density at radius 1 is 1.12 bits per heavy atom. The first-order valence-corrected chi connectivity index (χ1v) is 8.44. The van der Waals surface area contributed by atoms with Crippen molar-refractivity contribution in [3.8, 4) is 0 Å². The highest BCUT2D eigenvalue weighted by Crippen LogP contribution is 2.27. The summed E-state index contributed by atoms with van der Waals surface area (Å²) in [6.45, 7) is 3.30. The summed E-state index contributed by atoms with van der Waals surface area (Å²) in [5, 5.41) is 2.70. The molecule has 0 bridgehead atoms. The highest BCUT2D eigenvalue weighted by atomic mass is 16.2. The number of rotatable bonds is 4. The molecule has 0 aromatic heterocycles. The highest BCUT2D eigenvalue weighted by Gasteiger charge is 2.48. The number of amides is 5. The van der Waals surface area contributed by atoms with Gasteiger partial charge in [0.05, 0.1) is 0 Å². The van der Waals surface area contributed by atoms with E-state index in [1.807, 2.05) is 32.0 Å². The van der Waals surface area contributed by atoms with Gasteiger partial charge in [-0.25, -0.2) is 9.69 Å². The average molecular weight is 343 g/mol. The quantitative estimate of drug-likeness (QED) is 0.669. The molecular formula is C18H21N3O4. The molecule has 132 valence electrons. The molecule has 1 aliphatic heterocycles. The second-order valence-corrected chi connectivity index (χ2v) is 6.65. The monoisotopic (exact) mass is 343 g/mol. The Morgan fingerprint density at radius 3 is 2.48 bits per heavy atom. The zero-order chi connectivity index (χ0) is 18.1. The van der Waals surface area contributed by atoms with Crippen molar-refractivity contribution in [1.82, 2.24) is 9.80 Å². The van der Waals surface area contributed by atoms with E-state index in [1.54, 1.807) is 0 Å². The van der Waals surface area contributed by atoms with Gasteiger partial charge in [-0.1, -0.05) is 25.0 Å². The van der Waals surface area contributed by atoms with Crippen molar-refractivity contribution >= 4 is 29.4 Å². The fraction of sp³-hybridized carbons (Fsp3) is 0.444. The molecule has 1 saturated carbocycles. The molecule has 7 nitrogen and oxygen atoms in total. The third-order valence-corrected chi connectivity index (χ3v) is 4.74. The molecule has 1 aromatic rings. The molecule has 0 atom stereocenters. The van der Waals surface area contributed by atoms with Gasteiger partial charge >= 0.3 is 17.8 Å². The van der Waals surface area contributed by atoms with Crippen LogP contribution in [-0.2, 0) is 14.4 Å². The van der Waals surface area contributed by atoms with E-state index in [2.05, 4.69) is 5.32 Å². The van der Waals surface area contributed by atoms with Crippen molar-refractivity contribution in [1.29, 1.82) is 0 Å². The number of benzene rings is 1. The summed E-state index contributed by atoms with van der Waals surface area (Å²) in [5.41, 5.74) is 2.49. The number of anilines is 1. The predicted molar refractivity (Wildman–Crippen MR) is 90.8 cm³/mol. The van der Waals surface area contributed by atoms with Gasteiger partial charge in [0.15, 0.2) is 0 Å². The van der Waals surface area contributed by atoms with E-state index in [4.69, 9.17) is 0 Å². The summed E-state index contributed by atoms with van der Waals surface area (Å²) in [6, 6.07) is 4.71. The predicted octanol–water partition coefficient (Wildman–Crippen LogP) is 1.98. The Balaban J connectivity index is 1.70. The molecule has 5 amide bonds. The molecule has 0 spiro atoms. The third-order valence-electron chi connectivity index (χ3n) is 4.74. The summed E-state index contributed by atoms with van der Waals surface area (Å²) >= 11 is 0. The van der Waals surface area contributed by atoms with Crippen LogP contribution in [0.1, 0.15) is 36.8 Å². The zero-order valence-corrected chi connectivity index (χ0v) is 14.4. The first-order valence-electron chi connectivity index (χ1n) is 8.44. The van der Waals surface area contributed by atoms with Crippen LogP contribution >= 0.6 is 0 Å². The van der Waals surface area contributed by atoms with E-state index < -0.39 is 30.3 Å². The van der Waals surface area contributed by atoms with E-state index in [1.165, 1.54) is 0 Å². The Kier molecular flexibility index (Phi) is 4.57.